The van der Waals surface area contributed by atoms with Crippen molar-refractivity contribution in [2.24, 2.45) is 0 Å². The summed E-state index contributed by atoms with van der Waals surface area (Å²) < 4.78 is 0. The van der Waals surface area contributed by atoms with E-state index in [0.29, 0.717) is 6.04 Å². The molecule has 1 N–H and O–H groups in total. The zero-order valence-electron chi connectivity index (χ0n) is 12.4. The summed E-state index contributed by atoms with van der Waals surface area (Å²) in [5.41, 5.74) is 4.62. The Labute approximate surface area is 126 Å². The summed E-state index contributed by atoms with van der Waals surface area (Å²) in [4.78, 5) is 2.94. The standard InChI is InChI=1S/C18H23NS/c1-3-16-9-10-18(20-16)17(19-2)12-13-7-8-14-5-4-6-15(14)11-13/h7-11,17,19H,3-6,12H2,1-2H3. The number of benzene rings is 1. The quantitative estimate of drug-likeness (QED) is 0.863. The largest absolute Gasteiger partial charge is 0.312 e. The zero-order valence-corrected chi connectivity index (χ0v) is 13.2. The van der Waals surface area contributed by atoms with Crippen LogP contribution in [0.15, 0.2) is 30.3 Å². The summed E-state index contributed by atoms with van der Waals surface area (Å²) in [6.07, 6.45) is 6.11. The van der Waals surface area contributed by atoms with Crippen molar-refractivity contribution in [1.29, 1.82) is 0 Å². The van der Waals surface area contributed by atoms with Crippen molar-refractivity contribution >= 4 is 11.3 Å². The summed E-state index contributed by atoms with van der Waals surface area (Å²) in [7, 11) is 2.07. The summed E-state index contributed by atoms with van der Waals surface area (Å²) >= 11 is 1.95. The molecular formula is C18H23NS. The minimum atomic E-state index is 0.444. The van der Waals surface area contributed by atoms with Crippen LogP contribution in [0.4, 0.5) is 0 Å². The normalized spacial score (nSPS) is 15.3. The maximum absolute atomic E-state index is 3.48. The Hall–Kier alpha value is -1.12. The Morgan fingerprint density at radius 2 is 2.00 bits per heavy atom. The van der Waals surface area contributed by atoms with Crippen LogP contribution in [0.5, 0.6) is 0 Å². The van der Waals surface area contributed by atoms with Crippen LogP contribution in [0.1, 0.15) is 45.8 Å². The molecule has 0 bridgehead atoms. The second kappa shape index (κ2) is 6.11. The molecule has 106 valence electrons. The highest BCUT2D eigenvalue weighted by molar-refractivity contribution is 7.12. The van der Waals surface area contributed by atoms with E-state index in [0.717, 1.165) is 12.8 Å². The molecular weight excluding hydrogens is 262 g/mol. The van der Waals surface area contributed by atoms with E-state index in [4.69, 9.17) is 0 Å². The minimum absolute atomic E-state index is 0.444. The van der Waals surface area contributed by atoms with E-state index < -0.39 is 0 Å². The fourth-order valence-electron chi connectivity index (χ4n) is 3.10. The maximum Gasteiger partial charge on any atom is 0.0453 e. The smallest absolute Gasteiger partial charge is 0.0453 e. The summed E-state index contributed by atoms with van der Waals surface area (Å²) in [6, 6.07) is 12.1. The van der Waals surface area contributed by atoms with Crippen molar-refractivity contribution in [1.82, 2.24) is 5.32 Å². The van der Waals surface area contributed by atoms with Crippen molar-refractivity contribution in [2.45, 2.75) is 45.1 Å². The molecule has 3 rings (SSSR count). The molecule has 1 unspecified atom stereocenters. The zero-order chi connectivity index (χ0) is 13.9. The number of aryl methyl sites for hydroxylation is 3. The molecule has 1 aliphatic carbocycles. The van der Waals surface area contributed by atoms with E-state index in [1.165, 1.54) is 34.6 Å². The van der Waals surface area contributed by atoms with Crippen LogP contribution in [0.3, 0.4) is 0 Å². The first-order valence-electron chi connectivity index (χ1n) is 7.66. The van der Waals surface area contributed by atoms with E-state index in [1.54, 1.807) is 11.1 Å². The van der Waals surface area contributed by atoms with E-state index in [9.17, 15) is 0 Å². The Morgan fingerprint density at radius 3 is 2.75 bits per heavy atom. The third kappa shape index (κ3) is 2.82. The van der Waals surface area contributed by atoms with E-state index >= 15 is 0 Å². The number of thiophene rings is 1. The van der Waals surface area contributed by atoms with Gasteiger partial charge < -0.3 is 5.32 Å². The van der Waals surface area contributed by atoms with E-state index in [-0.39, 0.29) is 0 Å². The van der Waals surface area contributed by atoms with Gasteiger partial charge in [0.1, 0.15) is 0 Å². The van der Waals surface area contributed by atoms with Crippen LogP contribution in [-0.2, 0) is 25.7 Å². The SMILES string of the molecule is CCc1ccc(C(Cc2ccc3c(c2)CCC3)NC)s1. The van der Waals surface area contributed by atoms with Gasteiger partial charge in [-0.3, -0.25) is 0 Å². The lowest BCUT2D eigenvalue weighted by Crippen LogP contribution is -2.17. The van der Waals surface area contributed by atoms with Crippen molar-refractivity contribution < 1.29 is 0 Å². The van der Waals surface area contributed by atoms with Crippen molar-refractivity contribution in [3.8, 4) is 0 Å². The van der Waals surface area contributed by atoms with Crippen molar-refractivity contribution in [3.63, 3.8) is 0 Å². The summed E-state index contributed by atoms with van der Waals surface area (Å²) in [5, 5.41) is 3.48. The van der Waals surface area contributed by atoms with Crippen LogP contribution in [0, 0.1) is 0 Å². The van der Waals surface area contributed by atoms with Gasteiger partial charge in [0.15, 0.2) is 0 Å². The number of rotatable bonds is 5. The fraction of sp³-hybridized carbons (Fsp3) is 0.444. The van der Waals surface area contributed by atoms with Gasteiger partial charge in [-0.05, 0) is 68.0 Å². The molecule has 1 nitrogen and oxygen atoms in total. The number of fused-ring (bicyclic) bond motifs is 1. The average molecular weight is 285 g/mol. The lowest BCUT2D eigenvalue weighted by atomic mass is 10.0. The van der Waals surface area contributed by atoms with Gasteiger partial charge in [-0.2, -0.15) is 0 Å². The van der Waals surface area contributed by atoms with Crippen molar-refractivity contribution in [3.05, 3.63) is 56.8 Å². The molecule has 0 spiro atoms. The molecule has 0 fully saturated rings. The lowest BCUT2D eigenvalue weighted by molar-refractivity contribution is 0.602. The van der Waals surface area contributed by atoms with Crippen LogP contribution >= 0.6 is 11.3 Å². The first-order chi connectivity index (χ1) is 9.80. The first kappa shape index (κ1) is 13.8. The summed E-state index contributed by atoms with van der Waals surface area (Å²) in [5.74, 6) is 0. The molecule has 1 aromatic heterocycles. The predicted molar refractivity (Wildman–Crippen MR) is 87.7 cm³/mol. The number of hydrogen-bond donors (Lipinski definition) is 1. The molecule has 2 heteroatoms. The topological polar surface area (TPSA) is 12.0 Å². The molecule has 0 amide bonds. The monoisotopic (exact) mass is 285 g/mol. The number of nitrogens with one attached hydrogen (secondary N) is 1. The molecule has 1 heterocycles. The van der Waals surface area contributed by atoms with Gasteiger partial charge >= 0.3 is 0 Å². The molecule has 20 heavy (non-hydrogen) atoms. The minimum Gasteiger partial charge on any atom is -0.312 e. The lowest BCUT2D eigenvalue weighted by Gasteiger charge is -2.15. The van der Waals surface area contributed by atoms with Crippen molar-refractivity contribution in [2.75, 3.05) is 7.05 Å². The fourth-order valence-corrected chi connectivity index (χ4v) is 4.17. The Morgan fingerprint density at radius 1 is 1.15 bits per heavy atom. The second-order valence-electron chi connectivity index (χ2n) is 5.66. The maximum atomic E-state index is 3.48. The molecule has 1 aliphatic rings. The Bertz CT molecular complexity index is 585. The van der Waals surface area contributed by atoms with E-state index in [1.807, 2.05) is 11.3 Å². The highest BCUT2D eigenvalue weighted by Crippen LogP contribution is 2.28. The molecule has 0 aliphatic heterocycles. The van der Waals surface area contributed by atoms with Crippen LogP contribution < -0.4 is 5.32 Å². The second-order valence-corrected chi connectivity index (χ2v) is 6.86. The van der Waals surface area contributed by atoms with Gasteiger partial charge in [0, 0.05) is 15.8 Å². The van der Waals surface area contributed by atoms with Crippen LogP contribution in [-0.4, -0.2) is 7.05 Å². The Balaban J connectivity index is 1.77. The number of likely N-dealkylation sites (N-methyl/N-ethyl adjacent to an activating group) is 1. The van der Waals surface area contributed by atoms with Gasteiger partial charge in [0.25, 0.3) is 0 Å². The summed E-state index contributed by atoms with van der Waals surface area (Å²) in [6.45, 7) is 2.23. The molecule has 1 aromatic carbocycles. The van der Waals surface area contributed by atoms with Crippen LogP contribution in [0.25, 0.3) is 0 Å². The third-order valence-corrected chi connectivity index (χ3v) is 5.67. The molecule has 0 saturated carbocycles. The predicted octanol–water partition coefficient (Wildman–Crippen LogP) is 4.30. The highest BCUT2D eigenvalue weighted by Gasteiger charge is 2.15. The molecule has 0 radical (unpaired) electrons. The molecule has 2 aromatic rings. The third-order valence-electron chi connectivity index (χ3n) is 4.33. The first-order valence-corrected chi connectivity index (χ1v) is 8.48. The van der Waals surface area contributed by atoms with Gasteiger partial charge in [-0.15, -0.1) is 11.3 Å². The average Bonchev–Trinajstić information content (AvgIpc) is 3.12. The van der Waals surface area contributed by atoms with E-state index in [2.05, 4.69) is 49.6 Å². The van der Waals surface area contributed by atoms with Gasteiger partial charge in [0.2, 0.25) is 0 Å². The highest BCUT2D eigenvalue weighted by atomic mass is 32.1. The van der Waals surface area contributed by atoms with Gasteiger partial charge in [-0.1, -0.05) is 25.1 Å². The molecule has 0 saturated heterocycles. The van der Waals surface area contributed by atoms with Crippen LogP contribution in [0.2, 0.25) is 0 Å². The Kier molecular flexibility index (Phi) is 4.23. The molecule has 1 atom stereocenters. The van der Waals surface area contributed by atoms with Gasteiger partial charge in [0.05, 0.1) is 0 Å². The van der Waals surface area contributed by atoms with Gasteiger partial charge in [-0.25, -0.2) is 0 Å². The number of hydrogen-bond acceptors (Lipinski definition) is 2.